The van der Waals surface area contributed by atoms with Crippen molar-refractivity contribution >= 4 is 16.8 Å². The average molecular weight is 364 g/mol. The zero-order chi connectivity index (χ0) is 19.2. The molecular formula is C23H28N2O2. The third-order valence-corrected chi connectivity index (χ3v) is 4.79. The fourth-order valence-corrected chi connectivity index (χ4v) is 3.51. The van der Waals surface area contributed by atoms with Crippen molar-refractivity contribution in [1.82, 2.24) is 9.47 Å². The minimum absolute atomic E-state index is 0.102. The number of methoxy groups -OCH3 is 1. The first-order valence-electron chi connectivity index (χ1n) is 9.68. The van der Waals surface area contributed by atoms with Crippen LogP contribution in [0, 0.1) is 0 Å². The van der Waals surface area contributed by atoms with Gasteiger partial charge in [0.2, 0.25) is 0 Å². The Balaban J connectivity index is 2.08. The summed E-state index contributed by atoms with van der Waals surface area (Å²) in [6.45, 7) is 6.45. The summed E-state index contributed by atoms with van der Waals surface area (Å²) >= 11 is 0. The van der Waals surface area contributed by atoms with E-state index in [4.69, 9.17) is 4.74 Å². The Labute approximate surface area is 161 Å². The maximum absolute atomic E-state index is 13.3. The molecule has 0 N–H and O–H groups in total. The lowest BCUT2D eigenvalue weighted by molar-refractivity contribution is 0.0745. The molecule has 0 aliphatic rings. The predicted molar refractivity (Wildman–Crippen MR) is 111 cm³/mol. The van der Waals surface area contributed by atoms with Crippen molar-refractivity contribution in [3.05, 3.63) is 65.9 Å². The molecule has 0 spiro atoms. The van der Waals surface area contributed by atoms with Crippen molar-refractivity contribution in [2.75, 3.05) is 20.2 Å². The lowest BCUT2D eigenvalue weighted by atomic mass is 10.2. The number of fused-ring (bicyclic) bond motifs is 1. The lowest BCUT2D eigenvalue weighted by Gasteiger charge is -2.22. The van der Waals surface area contributed by atoms with E-state index < -0.39 is 0 Å². The van der Waals surface area contributed by atoms with Gasteiger partial charge in [0.25, 0.3) is 5.91 Å². The Hall–Kier alpha value is -2.75. The zero-order valence-corrected chi connectivity index (χ0v) is 16.4. The van der Waals surface area contributed by atoms with E-state index in [1.165, 1.54) is 5.56 Å². The number of aromatic nitrogens is 1. The van der Waals surface area contributed by atoms with Crippen molar-refractivity contribution < 1.29 is 9.53 Å². The third kappa shape index (κ3) is 4.16. The van der Waals surface area contributed by atoms with E-state index in [0.29, 0.717) is 6.54 Å². The topological polar surface area (TPSA) is 34.5 Å². The summed E-state index contributed by atoms with van der Waals surface area (Å²) in [6, 6.07) is 18.3. The van der Waals surface area contributed by atoms with Crippen LogP contribution in [0.15, 0.2) is 54.6 Å². The largest absolute Gasteiger partial charge is 0.497 e. The maximum atomic E-state index is 13.3. The molecule has 2 aromatic carbocycles. The molecule has 0 atom stereocenters. The Kier molecular flexibility index (Phi) is 6.17. The number of rotatable bonds is 8. The normalized spacial score (nSPS) is 10.9. The molecule has 0 fully saturated rings. The Bertz CT molecular complexity index is 893. The van der Waals surface area contributed by atoms with Crippen LogP contribution in [0.5, 0.6) is 5.75 Å². The maximum Gasteiger partial charge on any atom is 0.270 e. The van der Waals surface area contributed by atoms with Crippen molar-refractivity contribution in [3.8, 4) is 5.75 Å². The zero-order valence-electron chi connectivity index (χ0n) is 16.4. The van der Waals surface area contributed by atoms with Crippen LogP contribution < -0.4 is 4.74 Å². The molecule has 1 heterocycles. The van der Waals surface area contributed by atoms with Crippen LogP contribution >= 0.6 is 0 Å². The Morgan fingerprint density at radius 1 is 1.00 bits per heavy atom. The van der Waals surface area contributed by atoms with Crippen LogP contribution in [0.1, 0.15) is 42.7 Å². The van der Waals surface area contributed by atoms with Crippen LogP contribution in [0.3, 0.4) is 0 Å². The van der Waals surface area contributed by atoms with Crippen molar-refractivity contribution in [2.24, 2.45) is 0 Å². The van der Waals surface area contributed by atoms with Crippen LogP contribution in [-0.2, 0) is 6.54 Å². The molecule has 142 valence electrons. The molecule has 1 aromatic heterocycles. The molecule has 0 saturated carbocycles. The fourth-order valence-electron chi connectivity index (χ4n) is 3.51. The lowest BCUT2D eigenvalue weighted by Crippen LogP contribution is -2.34. The highest BCUT2D eigenvalue weighted by atomic mass is 16.5. The number of hydrogen-bond donors (Lipinski definition) is 0. The van der Waals surface area contributed by atoms with Gasteiger partial charge in [0.15, 0.2) is 0 Å². The summed E-state index contributed by atoms with van der Waals surface area (Å²) in [5.74, 6) is 0.905. The molecule has 0 radical (unpaired) electrons. The van der Waals surface area contributed by atoms with Gasteiger partial charge in [-0.25, -0.2) is 0 Å². The quantitative estimate of drug-likeness (QED) is 0.566. The minimum atomic E-state index is 0.102. The Morgan fingerprint density at radius 3 is 2.33 bits per heavy atom. The van der Waals surface area contributed by atoms with E-state index in [-0.39, 0.29) is 5.91 Å². The summed E-state index contributed by atoms with van der Waals surface area (Å²) in [6.07, 6.45) is 1.91. The van der Waals surface area contributed by atoms with Crippen LogP contribution in [-0.4, -0.2) is 35.6 Å². The van der Waals surface area contributed by atoms with Gasteiger partial charge in [-0.2, -0.15) is 0 Å². The van der Waals surface area contributed by atoms with Crippen molar-refractivity contribution in [2.45, 2.75) is 33.2 Å². The van der Waals surface area contributed by atoms with Gasteiger partial charge < -0.3 is 14.2 Å². The first-order chi connectivity index (χ1) is 13.2. The van der Waals surface area contributed by atoms with Crippen molar-refractivity contribution in [1.29, 1.82) is 0 Å². The van der Waals surface area contributed by atoms with Gasteiger partial charge in [-0.05, 0) is 42.7 Å². The van der Waals surface area contributed by atoms with Crippen LogP contribution in [0.25, 0.3) is 10.9 Å². The minimum Gasteiger partial charge on any atom is -0.497 e. The van der Waals surface area contributed by atoms with Gasteiger partial charge in [-0.3, -0.25) is 4.79 Å². The van der Waals surface area contributed by atoms with Crippen LogP contribution in [0.4, 0.5) is 0 Å². The van der Waals surface area contributed by atoms with Gasteiger partial charge in [0.1, 0.15) is 11.4 Å². The number of hydrogen-bond acceptors (Lipinski definition) is 2. The first-order valence-corrected chi connectivity index (χ1v) is 9.68. The number of ether oxygens (including phenoxy) is 1. The van der Waals surface area contributed by atoms with Gasteiger partial charge in [0, 0.05) is 30.5 Å². The van der Waals surface area contributed by atoms with E-state index in [1.807, 2.05) is 47.4 Å². The number of nitrogens with zero attached hydrogens (tertiary/aromatic N) is 2. The van der Waals surface area contributed by atoms with E-state index in [1.54, 1.807) is 7.11 Å². The van der Waals surface area contributed by atoms with Gasteiger partial charge in [0.05, 0.1) is 7.11 Å². The van der Waals surface area contributed by atoms with Crippen molar-refractivity contribution in [3.63, 3.8) is 0 Å². The first kappa shape index (κ1) is 19.0. The highest BCUT2D eigenvalue weighted by molar-refractivity contribution is 5.99. The van der Waals surface area contributed by atoms with Gasteiger partial charge in [-0.1, -0.05) is 44.2 Å². The van der Waals surface area contributed by atoms with Gasteiger partial charge >= 0.3 is 0 Å². The number of benzene rings is 2. The van der Waals surface area contributed by atoms with E-state index >= 15 is 0 Å². The highest BCUT2D eigenvalue weighted by Gasteiger charge is 2.21. The smallest absolute Gasteiger partial charge is 0.270 e. The highest BCUT2D eigenvalue weighted by Crippen LogP contribution is 2.26. The molecule has 0 aliphatic carbocycles. The molecule has 4 heteroatoms. The molecule has 3 aromatic rings. The predicted octanol–water partition coefficient (Wildman–Crippen LogP) is 4.96. The second-order valence-corrected chi connectivity index (χ2v) is 6.82. The standard InChI is InChI=1S/C23H28N2O2/c1-4-13-24(14-5-2)23(26)22-16-19-15-20(27-3)11-12-21(19)25(22)17-18-9-7-6-8-10-18/h6-12,15-16H,4-5,13-14,17H2,1-3H3. The SMILES string of the molecule is CCCN(CCC)C(=O)c1cc2cc(OC)ccc2n1Cc1ccccc1. The third-order valence-electron chi connectivity index (χ3n) is 4.79. The molecule has 0 aliphatic heterocycles. The van der Waals surface area contributed by atoms with E-state index in [0.717, 1.165) is 48.3 Å². The summed E-state index contributed by atoms with van der Waals surface area (Å²) in [5, 5.41) is 1.03. The molecule has 0 saturated heterocycles. The number of carbonyl (C=O) groups is 1. The molecule has 1 amide bonds. The van der Waals surface area contributed by atoms with E-state index in [9.17, 15) is 4.79 Å². The average Bonchev–Trinajstić information content (AvgIpc) is 3.05. The molecule has 0 bridgehead atoms. The van der Waals surface area contributed by atoms with Crippen LogP contribution in [0.2, 0.25) is 0 Å². The Morgan fingerprint density at radius 2 is 1.70 bits per heavy atom. The number of carbonyl (C=O) groups excluding carboxylic acids is 1. The summed E-state index contributed by atoms with van der Waals surface area (Å²) < 4.78 is 7.50. The second kappa shape index (κ2) is 8.76. The summed E-state index contributed by atoms with van der Waals surface area (Å²) in [5.41, 5.74) is 2.97. The molecule has 3 rings (SSSR count). The molecule has 0 unspecified atom stereocenters. The second-order valence-electron chi connectivity index (χ2n) is 6.82. The van der Waals surface area contributed by atoms with E-state index in [2.05, 4.69) is 30.5 Å². The number of amides is 1. The molecular weight excluding hydrogens is 336 g/mol. The fraction of sp³-hybridized carbons (Fsp3) is 0.348. The summed E-state index contributed by atoms with van der Waals surface area (Å²) in [7, 11) is 1.67. The molecule has 4 nitrogen and oxygen atoms in total. The monoisotopic (exact) mass is 364 g/mol. The van der Waals surface area contributed by atoms with Gasteiger partial charge in [-0.15, -0.1) is 0 Å². The summed E-state index contributed by atoms with van der Waals surface area (Å²) in [4.78, 5) is 15.3. The molecule has 27 heavy (non-hydrogen) atoms.